The van der Waals surface area contributed by atoms with Gasteiger partial charge in [0.1, 0.15) is 11.2 Å². The van der Waals surface area contributed by atoms with Crippen LogP contribution in [-0.4, -0.2) is 0 Å². The molecule has 26 heavy (non-hydrogen) atoms. The van der Waals surface area contributed by atoms with Crippen LogP contribution in [0.25, 0.3) is 21.9 Å². The number of unbranched alkanes of at least 4 members (excludes halogenated alkanes) is 3. The molecule has 140 valence electrons. The van der Waals surface area contributed by atoms with Crippen LogP contribution in [0.3, 0.4) is 0 Å². The van der Waals surface area contributed by atoms with Gasteiger partial charge in [0.15, 0.2) is 0 Å². The summed E-state index contributed by atoms with van der Waals surface area (Å²) in [6.45, 7) is 12.9. The predicted molar refractivity (Wildman–Crippen MR) is 108 cm³/mol. The van der Waals surface area contributed by atoms with Gasteiger partial charge in [-0.05, 0) is 49.3 Å². The first-order valence-electron chi connectivity index (χ1n) is 9.73. The van der Waals surface area contributed by atoms with Crippen LogP contribution in [0.2, 0.25) is 0 Å². The number of fused-ring (bicyclic) bond motifs is 3. The van der Waals surface area contributed by atoms with E-state index in [-0.39, 0.29) is 11.0 Å². The van der Waals surface area contributed by atoms with E-state index in [9.17, 15) is 4.79 Å². The second-order valence-electron chi connectivity index (χ2n) is 8.47. The molecule has 3 aromatic rings. The highest BCUT2D eigenvalue weighted by molar-refractivity contribution is 6.07. The van der Waals surface area contributed by atoms with Crippen LogP contribution in [0.1, 0.15) is 75.6 Å². The highest BCUT2D eigenvalue weighted by Gasteiger charge is 2.24. The molecule has 2 heterocycles. The molecule has 0 amide bonds. The van der Waals surface area contributed by atoms with Gasteiger partial charge in [0.05, 0.1) is 11.6 Å². The molecule has 0 N–H and O–H groups in total. The van der Waals surface area contributed by atoms with Crippen LogP contribution >= 0.6 is 0 Å². The first kappa shape index (κ1) is 18.8. The lowest BCUT2D eigenvalue weighted by atomic mass is 9.85. The summed E-state index contributed by atoms with van der Waals surface area (Å²) in [4.78, 5) is 12.5. The number of hydrogen-bond donors (Lipinski definition) is 0. The van der Waals surface area contributed by atoms with Crippen molar-refractivity contribution in [2.24, 2.45) is 0 Å². The number of furan rings is 1. The third-order valence-corrected chi connectivity index (χ3v) is 5.37. The van der Waals surface area contributed by atoms with E-state index in [1.165, 1.54) is 18.4 Å². The lowest BCUT2D eigenvalue weighted by Gasteiger charge is -2.17. The van der Waals surface area contributed by atoms with E-state index in [4.69, 9.17) is 8.83 Å². The molecule has 3 nitrogen and oxygen atoms in total. The number of hydrogen-bond acceptors (Lipinski definition) is 3. The van der Waals surface area contributed by atoms with Crippen molar-refractivity contribution in [1.82, 2.24) is 0 Å². The molecule has 2 aromatic heterocycles. The van der Waals surface area contributed by atoms with E-state index in [1.54, 1.807) is 0 Å². The molecular weight excluding hydrogens is 324 g/mol. The van der Waals surface area contributed by atoms with Crippen molar-refractivity contribution >= 4 is 21.9 Å². The molecule has 0 saturated carbocycles. The fourth-order valence-electron chi connectivity index (χ4n) is 3.86. The average Bonchev–Trinajstić information content (AvgIpc) is 2.99. The number of aryl methyl sites for hydroxylation is 2. The topological polar surface area (TPSA) is 43.4 Å². The summed E-state index contributed by atoms with van der Waals surface area (Å²) < 4.78 is 11.7. The lowest BCUT2D eigenvalue weighted by Crippen LogP contribution is -2.11. The van der Waals surface area contributed by atoms with Crippen LogP contribution in [0.15, 0.2) is 26.0 Å². The summed E-state index contributed by atoms with van der Waals surface area (Å²) in [5.41, 5.74) is 5.36. The van der Waals surface area contributed by atoms with Crippen molar-refractivity contribution in [3.8, 4) is 0 Å². The van der Waals surface area contributed by atoms with E-state index in [0.29, 0.717) is 5.58 Å². The van der Waals surface area contributed by atoms with Crippen molar-refractivity contribution in [2.75, 3.05) is 0 Å². The SMILES string of the molecule is CCCCCCc1c(C)c2c(cc(C)c3c(C(C)(C)C)coc32)oc1=O. The Bertz CT molecular complexity index is 996. The van der Waals surface area contributed by atoms with Crippen molar-refractivity contribution in [1.29, 1.82) is 0 Å². The zero-order chi connectivity index (χ0) is 19.1. The Morgan fingerprint density at radius 2 is 1.77 bits per heavy atom. The Morgan fingerprint density at radius 3 is 2.42 bits per heavy atom. The van der Waals surface area contributed by atoms with E-state index in [0.717, 1.165) is 52.3 Å². The minimum absolute atomic E-state index is 0.00378. The largest absolute Gasteiger partial charge is 0.463 e. The van der Waals surface area contributed by atoms with Crippen LogP contribution in [0.4, 0.5) is 0 Å². The fraction of sp³-hybridized carbons (Fsp3) is 0.522. The molecule has 0 atom stereocenters. The minimum Gasteiger partial charge on any atom is -0.463 e. The maximum atomic E-state index is 12.5. The molecule has 0 radical (unpaired) electrons. The third-order valence-electron chi connectivity index (χ3n) is 5.37. The van der Waals surface area contributed by atoms with Crippen LogP contribution < -0.4 is 5.63 Å². The summed E-state index contributed by atoms with van der Waals surface area (Å²) >= 11 is 0. The maximum absolute atomic E-state index is 12.5. The van der Waals surface area contributed by atoms with Gasteiger partial charge in [-0.1, -0.05) is 47.0 Å². The lowest BCUT2D eigenvalue weighted by molar-refractivity contribution is 0.541. The normalized spacial score (nSPS) is 12.4. The summed E-state index contributed by atoms with van der Waals surface area (Å²) in [6, 6.07) is 1.98. The monoisotopic (exact) mass is 354 g/mol. The molecule has 0 aliphatic carbocycles. The third kappa shape index (κ3) is 3.20. The molecular formula is C23H30O3. The highest BCUT2D eigenvalue weighted by atomic mass is 16.4. The quantitative estimate of drug-likeness (QED) is 0.384. The number of benzene rings is 1. The van der Waals surface area contributed by atoms with Crippen molar-refractivity contribution in [2.45, 2.75) is 79.1 Å². The Balaban J connectivity index is 2.23. The van der Waals surface area contributed by atoms with Gasteiger partial charge < -0.3 is 8.83 Å². The molecule has 0 aliphatic rings. The van der Waals surface area contributed by atoms with Crippen LogP contribution in [-0.2, 0) is 11.8 Å². The van der Waals surface area contributed by atoms with Crippen LogP contribution in [0.5, 0.6) is 0 Å². The van der Waals surface area contributed by atoms with Gasteiger partial charge in [-0.15, -0.1) is 0 Å². The highest BCUT2D eigenvalue weighted by Crippen LogP contribution is 2.39. The second-order valence-corrected chi connectivity index (χ2v) is 8.47. The molecule has 1 aromatic carbocycles. The Hall–Kier alpha value is -2.03. The van der Waals surface area contributed by atoms with Crippen molar-refractivity contribution < 1.29 is 8.83 Å². The van der Waals surface area contributed by atoms with Gasteiger partial charge in [0.25, 0.3) is 0 Å². The van der Waals surface area contributed by atoms with E-state index in [2.05, 4.69) is 34.6 Å². The van der Waals surface area contributed by atoms with Gasteiger partial charge in [0.2, 0.25) is 0 Å². The standard InChI is InChI=1S/C23H30O3/c1-7-8-9-10-11-16-15(3)20-18(26-22(16)24)12-14(2)19-17(23(4,5)6)13-25-21(19)20/h12-13H,7-11H2,1-6H3. The van der Waals surface area contributed by atoms with E-state index >= 15 is 0 Å². The average molecular weight is 354 g/mol. The molecule has 0 saturated heterocycles. The molecule has 0 aliphatic heterocycles. The molecule has 0 bridgehead atoms. The predicted octanol–water partition coefficient (Wildman–Crippen LogP) is 6.58. The fourth-order valence-corrected chi connectivity index (χ4v) is 3.86. The summed E-state index contributed by atoms with van der Waals surface area (Å²) in [7, 11) is 0. The second kappa shape index (κ2) is 6.94. The molecule has 3 rings (SSSR count). The Kier molecular flexibility index (Phi) is 5.01. The molecule has 3 heteroatoms. The van der Waals surface area contributed by atoms with Gasteiger partial charge in [0, 0.05) is 16.5 Å². The van der Waals surface area contributed by atoms with Gasteiger partial charge in [-0.2, -0.15) is 0 Å². The number of rotatable bonds is 5. The van der Waals surface area contributed by atoms with Crippen LogP contribution in [0, 0.1) is 13.8 Å². The van der Waals surface area contributed by atoms with Crippen molar-refractivity contribution in [3.63, 3.8) is 0 Å². The molecule has 0 fully saturated rings. The summed E-state index contributed by atoms with van der Waals surface area (Å²) in [6.07, 6.45) is 7.19. The summed E-state index contributed by atoms with van der Waals surface area (Å²) in [5.74, 6) is 0. The zero-order valence-electron chi connectivity index (χ0n) is 16.9. The van der Waals surface area contributed by atoms with Crippen molar-refractivity contribution in [3.05, 3.63) is 45.0 Å². The Morgan fingerprint density at radius 1 is 1.04 bits per heavy atom. The van der Waals surface area contributed by atoms with Gasteiger partial charge in [-0.25, -0.2) is 4.79 Å². The van der Waals surface area contributed by atoms with Gasteiger partial charge >= 0.3 is 5.63 Å². The molecule has 0 spiro atoms. The van der Waals surface area contributed by atoms with E-state index < -0.39 is 0 Å². The first-order valence-corrected chi connectivity index (χ1v) is 9.73. The molecule has 0 unspecified atom stereocenters. The first-order chi connectivity index (χ1) is 12.3. The zero-order valence-corrected chi connectivity index (χ0v) is 16.9. The van der Waals surface area contributed by atoms with E-state index in [1.807, 2.05) is 19.3 Å². The smallest absolute Gasteiger partial charge is 0.339 e. The maximum Gasteiger partial charge on any atom is 0.339 e. The summed E-state index contributed by atoms with van der Waals surface area (Å²) in [5, 5.41) is 2.10. The minimum atomic E-state index is -0.201. The van der Waals surface area contributed by atoms with Gasteiger partial charge in [-0.3, -0.25) is 0 Å². The Labute approximate surface area is 155 Å².